The van der Waals surface area contributed by atoms with Crippen molar-refractivity contribution in [2.45, 2.75) is 5.75 Å². The Labute approximate surface area is 88.4 Å². The SMILES string of the molecule is Cn1ccc2cccc(CS(N)(=O)=O)c21. The predicted octanol–water partition coefficient (Wildman–Crippen LogP) is 0.967. The summed E-state index contributed by atoms with van der Waals surface area (Å²) >= 11 is 0. The third kappa shape index (κ3) is 2.03. The number of hydrogen-bond acceptors (Lipinski definition) is 2. The average molecular weight is 224 g/mol. The van der Waals surface area contributed by atoms with Gasteiger partial charge < -0.3 is 4.57 Å². The van der Waals surface area contributed by atoms with Gasteiger partial charge in [-0.2, -0.15) is 0 Å². The van der Waals surface area contributed by atoms with Crippen LogP contribution >= 0.6 is 0 Å². The number of aryl methyl sites for hydroxylation is 1. The summed E-state index contributed by atoms with van der Waals surface area (Å²) in [6.07, 6.45) is 1.90. The molecule has 0 aliphatic heterocycles. The second-order valence-electron chi connectivity index (χ2n) is 3.59. The molecule has 0 saturated heterocycles. The maximum absolute atomic E-state index is 11.0. The van der Waals surface area contributed by atoms with Crippen LogP contribution in [0.15, 0.2) is 30.5 Å². The lowest BCUT2D eigenvalue weighted by molar-refractivity contribution is 0.597. The van der Waals surface area contributed by atoms with Crippen LogP contribution in [-0.2, 0) is 22.8 Å². The lowest BCUT2D eigenvalue weighted by Crippen LogP contribution is -2.15. The third-order valence-electron chi connectivity index (χ3n) is 2.34. The number of sulfonamides is 1. The highest BCUT2D eigenvalue weighted by molar-refractivity contribution is 7.88. The fourth-order valence-corrected chi connectivity index (χ4v) is 2.44. The molecular weight excluding hydrogens is 212 g/mol. The Morgan fingerprint density at radius 2 is 2.07 bits per heavy atom. The second kappa shape index (κ2) is 3.36. The molecule has 0 saturated carbocycles. The van der Waals surface area contributed by atoms with Gasteiger partial charge in [0.25, 0.3) is 0 Å². The fraction of sp³-hybridized carbons (Fsp3) is 0.200. The third-order valence-corrected chi connectivity index (χ3v) is 3.05. The molecule has 0 aliphatic rings. The zero-order valence-electron chi connectivity index (χ0n) is 8.34. The molecule has 5 heteroatoms. The van der Waals surface area contributed by atoms with Gasteiger partial charge in [-0.05, 0) is 17.0 Å². The quantitative estimate of drug-likeness (QED) is 0.826. The number of fused-ring (bicyclic) bond motifs is 1. The minimum Gasteiger partial charge on any atom is -0.350 e. The summed E-state index contributed by atoms with van der Waals surface area (Å²) in [4.78, 5) is 0. The number of nitrogens with zero attached hydrogens (tertiary/aromatic N) is 1. The van der Waals surface area contributed by atoms with Crippen LogP contribution in [0.5, 0.6) is 0 Å². The van der Waals surface area contributed by atoms with Gasteiger partial charge in [0.05, 0.1) is 11.3 Å². The van der Waals surface area contributed by atoms with Crippen molar-refractivity contribution in [1.82, 2.24) is 4.57 Å². The fourth-order valence-electron chi connectivity index (χ4n) is 1.78. The number of para-hydroxylation sites is 1. The molecule has 0 atom stereocenters. The Bertz CT molecular complexity index is 599. The van der Waals surface area contributed by atoms with Gasteiger partial charge in [-0.1, -0.05) is 18.2 Å². The van der Waals surface area contributed by atoms with E-state index in [1.165, 1.54) is 0 Å². The molecule has 2 rings (SSSR count). The maximum atomic E-state index is 11.0. The summed E-state index contributed by atoms with van der Waals surface area (Å²) in [7, 11) is -1.59. The van der Waals surface area contributed by atoms with Crippen LogP contribution in [0.1, 0.15) is 5.56 Å². The van der Waals surface area contributed by atoms with E-state index in [1.54, 1.807) is 6.07 Å². The lowest BCUT2D eigenvalue weighted by atomic mass is 10.2. The molecule has 1 heterocycles. The minimum absolute atomic E-state index is 0.123. The van der Waals surface area contributed by atoms with Gasteiger partial charge in [-0.25, -0.2) is 13.6 Å². The van der Waals surface area contributed by atoms with Gasteiger partial charge in [0.1, 0.15) is 0 Å². The molecule has 2 N–H and O–H groups in total. The standard InChI is InChI=1S/C10H12N2O2S/c1-12-6-5-8-3-2-4-9(10(8)12)7-15(11,13)14/h2-6H,7H2,1H3,(H2,11,13,14). The topological polar surface area (TPSA) is 65.1 Å². The smallest absolute Gasteiger partial charge is 0.213 e. The first-order valence-electron chi connectivity index (χ1n) is 4.51. The van der Waals surface area contributed by atoms with Crippen molar-refractivity contribution in [1.29, 1.82) is 0 Å². The van der Waals surface area contributed by atoms with Crippen LogP contribution in [-0.4, -0.2) is 13.0 Å². The molecule has 80 valence electrons. The van der Waals surface area contributed by atoms with Crippen molar-refractivity contribution in [3.63, 3.8) is 0 Å². The van der Waals surface area contributed by atoms with E-state index in [0.29, 0.717) is 0 Å². The lowest BCUT2D eigenvalue weighted by Gasteiger charge is -2.04. The first-order chi connectivity index (χ1) is 6.97. The summed E-state index contributed by atoms with van der Waals surface area (Å²) < 4.78 is 24.0. The van der Waals surface area contributed by atoms with Crippen molar-refractivity contribution in [3.8, 4) is 0 Å². The molecular formula is C10H12N2O2S. The summed E-state index contributed by atoms with van der Waals surface area (Å²) in [6, 6.07) is 7.51. The molecule has 0 unspecified atom stereocenters. The summed E-state index contributed by atoms with van der Waals surface area (Å²) in [6.45, 7) is 0. The van der Waals surface area contributed by atoms with E-state index in [9.17, 15) is 8.42 Å². The minimum atomic E-state index is -3.48. The largest absolute Gasteiger partial charge is 0.350 e. The highest BCUT2D eigenvalue weighted by Crippen LogP contribution is 2.20. The van der Waals surface area contributed by atoms with E-state index < -0.39 is 10.0 Å². The molecule has 0 radical (unpaired) electrons. The van der Waals surface area contributed by atoms with E-state index in [4.69, 9.17) is 5.14 Å². The molecule has 0 fully saturated rings. The van der Waals surface area contributed by atoms with Crippen molar-refractivity contribution in [2.24, 2.45) is 12.2 Å². The van der Waals surface area contributed by atoms with Gasteiger partial charge in [0, 0.05) is 13.2 Å². The van der Waals surface area contributed by atoms with Crippen LogP contribution in [0.2, 0.25) is 0 Å². The van der Waals surface area contributed by atoms with E-state index in [-0.39, 0.29) is 5.75 Å². The van der Waals surface area contributed by atoms with Gasteiger partial charge in [0.2, 0.25) is 10.0 Å². The number of aromatic nitrogens is 1. The Morgan fingerprint density at radius 1 is 1.33 bits per heavy atom. The normalized spacial score (nSPS) is 12.1. The predicted molar refractivity (Wildman–Crippen MR) is 59.7 cm³/mol. The van der Waals surface area contributed by atoms with Crippen molar-refractivity contribution < 1.29 is 8.42 Å². The monoisotopic (exact) mass is 224 g/mol. The Hall–Kier alpha value is -1.33. The van der Waals surface area contributed by atoms with Gasteiger partial charge in [0.15, 0.2) is 0 Å². The van der Waals surface area contributed by atoms with Crippen molar-refractivity contribution in [3.05, 3.63) is 36.0 Å². The van der Waals surface area contributed by atoms with Crippen LogP contribution in [0.3, 0.4) is 0 Å². The summed E-state index contributed by atoms with van der Waals surface area (Å²) in [5.74, 6) is -0.123. The molecule has 1 aromatic heterocycles. The summed E-state index contributed by atoms with van der Waals surface area (Å²) in [5.41, 5.74) is 1.66. The molecule has 0 spiro atoms. The van der Waals surface area contributed by atoms with Crippen molar-refractivity contribution >= 4 is 20.9 Å². The van der Waals surface area contributed by atoms with E-state index in [1.807, 2.05) is 36.0 Å². The number of hydrogen-bond donors (Lipinski definition) is 1. The number of benzene rings is 1. The first-order valence-corrected chi connectivity index (χ1v) is 6.22. The highest BCUT2D eigenvalue weighted by Gasteiger charge is 2.10. The van der Waals surface area contributed by atoms with Crippen LogP contribution in [0.4, 0.5) is 0 Å². The molecule has 0 bridgehead atoms. The van der Waals surface area contributed by atoms with Gasteiger partial charge in [-0.15, -0.1) is 0 Å². The Morgan fingerprint density at radius 3 is 2.73 bits per heavy atom. The van der Waals surface area contributed by atoms with Crippen LogP contribution in [0.25, 0.3) is 10.9 Å². The van der Waals surface area contributed by atoms with Gasteiger partial charge in [-0.3, -0.25) is 0 Å². The van der Waals surface area contributed by atoms with E-state index in [0.717, 1.165) is 16.5 Å². The van der Waals surface area contributed by atoms with Gasteiger partial charge >= 0.3 is 0 Å². The molecule has 4 nitrogen and oxygen atoms in total. The molecule has 2 aromatic rings. The molecule has 1 aromatic carbocycles. The zero-order valence-corrected chi connectivity index (χ0v) is 9.16. The average Bonchev–Trinajstić information content (AvgIpc) is 2.46. The van der Waals surface area contributed by atoms with Crippen LogP contribution < -0.4 is 5.14 Å². The summed E-state index contributed by atoms with van der Waals surface area (Å²) in [5, 5.41) is 6.07. The Kier molecular flexibility index (Phi) is 2.28. The number of nitrogens with two attached hydrogens (primary N) is 1. The second-order valence-corrected chi connectivity index (χ2v) is 5.20. The van der Waals surface area contributed by atoms with Crippen molar-refractivity contribution in [2.75, 3.05) is 0 Å². The zero-order chi connectivity index (χ0) is 11.1. The van der Waals surface area contributed by atoms with E-state index >= 15 is 0 Å². The molecule has 0 amide bonds. The van der Waals surface area contributed by atoms with E-state index in [2.05, 4.69) is 0 Å². The van der Waals surface area contributed by atoms with Crippen LogP contribution in [0, 0.1) is 0 Å². The molecule has 15 heavy (non-hydrogen) atoms. The molecule has 0 aliphatic carbocycles. The number of rotatable bonds is 2. The highest BCUT2D eigenvalue weighted by atomic mass is 32.2. The maximum Gasteiger partial charge on any atom is 0.213 e. The number of primary sulfonamides is 1. The Balaban J connectivity index is 2.65. The first kappa shape index (κ1) is 10.2.